The summed E-state index contributed by atoms with van der Waals surface area (Å²) in [5, 5.41) is 2.37. The summed E-state index contributed by atoms with van der Waals surface area (Å²) in [6.45, 7) is 5.15. The van der Waals surface area contributed by atoms with Crippen molar-refractivity contribution >= 4 is 19.1 Å². The van der Waals surface area contributed by atoms with Crippen molar-refractivity contribution < 1.29 is 9.05 Å². The summed E-state index contributed by atoms with van der Waals surface area (Å²) >= 11 is 0. The Morgan fingerprint density at radius 2 is 1.63 bits per heavy atom. The molecule has 0 saturated heterocycles. The molecule has 0 atom stereocenters. The Balaban J connectivity index is 2.30. The van der Waals surface area contributed by atoms with Crippen molar-refractivity contribution in [2.75, 3.05) is 13.2 Å². The third kappa shape index (κ3) is 3.78. The molecule has 0 amide bonds. The van der Waals surface area contributed by atoms with Gasteiger partial charge in [-0.3, -0.25) is 0 Å². The first-order chi connectivity index (χ1) is 9.35. The van der Waals surface area contributed by atoms with Crippen LogP contribution in [0.1, 0.15) is 19.4 Å². The van der Waals surface area contributed by atoms with Crippen molar-refractivity contribution in [3.05, 3.63) is 48.0 Å². The van der Waals surface area contributed by atoms with Gasteiger partial charge in [-0.25, -0.2) is 0 Å². The SMILES string of the molecule is CCOP(C#Cc1cccc2ccccc12)OCC. The van der Waals surface area contributed by atoms with Gasteiger partial charge in [-0.15, -0.1) is 0 Å². The van der Waals surface area contributed by atoms with Crippen molar-refractivity contribution in [3.63, 3.8) is 0 Å². The van der Waals surface area contributed by atoms with Gasteiger partial charge >= 0.3 is 0 Å². The lowest BCUT2D eigenvalue weighted by Crippen LogP contribution is -1.88. The first kappa shape index (κ1) is 14.0. The number of hydrogen-bond acceptors (Lipinski definition) is 2. The Hall–Kier alpha value is -1.39. The molecule has 0 saturated carbocycles. The molecule has 0 aliphatic rings. The lowest BCUT2D eigenvalue weighted by atomic mass is 10.1. The van der Waals surface area contributed by atoms with E-state index in [2.05, 4.69) is 29.8 Å². The van der Waals surface area contributed by atoms with Gasteiger partial charge in [0.05, 0.1) is 13.2 Å². The zero-order valence-corrected chi connectivity index (χ0v) is 12.1. The molecule has 0 radical (unpaired) electrons. The maximum Gasteiger partial charge on any atom is 0.257 e. The molecule has 0 fully saturated rings. The first-order valence-corrected chi connectivity index (χ1v) is 7.58. The van der Waals surface area contributed by atoms with Crippen LogP contribution in [-0.4, -0.2) is 13.2 Å². The Morgan fingerprint density at radius 3 is 2.37 bits per heavy atom. The molecule has 0 heterocycles. The third-order valence-electron chi connectivity index (χ3n) is 2.56. The summed E-state index contributed by atoms with van der Waals surface area (Å²) in [5.41, 5.74) is 4.12. The van der Waals surface area contributed by atoms with E-state index in [-0.39, 0.29) is 0 Å². The van der Waals surface area contributed by atoms with Gasteiger partial charge in [0.15, 0.2) is 0 Å². The van der Waals surface area contributed by atoms with Crippen LogP contribution in [0.4, 0.5) is 0 Å². The minimum Gasteiger partial charge on any atom is -0.325 e. The predicted octanol–water partition coefficient (Wildman–Crippen LogP) is 4.53. The summed E-state index contributed by atoms with van der Waals surface area (Å²) in [6.07, 6.45) is 0. The van der Waals surface area contributed by atoms with Gasteiger partial charge in [0.1, 0.15) is 0 Å². The average Bonchev–Trinajstić information content (AvgIpc) is 2.45. The maximum atomic E-state index is 5.49. The molecule has 19 heavy (non-hydrogen) atoms. The molecular weight excluding hydrogens is 255 g/mol. The van der Waals surface area contributed by atoms with E-state index in [9.17, 15) is 0 Å². The molecule has 2 nitrogen and oxygen atoms in total. The van der Waals surface area contributed by atoms with E-state index >= 15 is 0 Å². The van der Waals surface area contributed by atoms with Crippen molar-refractivity contribution in [2.45, 2.75) is 13.8 Å². The van der Waals surface area contributed by atoms with Crippen LogP contribution < -0.4 is 0 Å². The van der Waals surface area contributed by atoms with Gasteiger partial charge in [0.25, 0.3) is 8.38 Å². The van der Waals surface area contributed by atoms with Gasteiger partial charge < -0.3 is 9.05 Å². The summed E-state index contributed by atoms with van der Waals surface area (Å²) in [6, 6.07) is 14.4. The molecule has 3 heteroatoms. The number of rotatable bonds is 4. The summed E-state index contributed by atoms with van der Waals surface area (Å²) in [5.74, 6) is 3.19. The van der Waals surface area contributed by atoms with Crippen LogP contribution in [0.3, 0.4) is 0 Å². The van der Waals surface area contributed by atoms with E-state index in [1.807, 2.05) is 38.1 Å². The summed E-state index contributed by atoms with van der Waals surface area (Å²) in [4.78, 5) is 0. The molecule has 0 aromatic heterocycles. The zero-order chi connectivity index (χ0) is 13.5. The Bertz CT molecular complexity index is 587. The number of fused-ring (bicyclic) bond motifs is 1. The fourth-order valence-electron chi connectivity index (χ4n) is 1.78. The van der Waals surface area contributed by atoms with Gasteiger partial charge in [0.2, 0.25) is 0 Å². The molecule has 0 aliphatic heterocycles. The van der Waals surface area contributed by atoms with Gasteiger partial charge in [0, 0.05) is 5.56 Å². The normalized spacial score (nSPS) is 10.5. The van der Waals surface area contributed by atoms with E-state index in [1.54, 1.807) is 0 Å². The second-order valence-electron chi connectivity index (χ2n) is 3.86. The van der Waals surface area contributed by atoms with Crippen molar-refractivity contribution in [1.82, 2.24) is 0 Å². The summed E-state index contributed by atoms with van der Waals surface area (Å²) in [7, 11) is -1.10. The highest BCUT2D eigenvalue weighted by Crippen LogP contribution is 2.36. The maximum absolute atomic E-state index is 5.49. The molecule has 0 unspecified atom stereocenters. The first-order valence-electron chi connectivity index (χ1n) is 6.40. The van der Waals surface area contributed by atoms with E-state index in [4.69, 9.17) is 9.05 Å². The lowest BCUT2D eigenvalue weighted by molar-refractivity contribution is 0.278. The lowest BCUT2D eigenvalue weighted by Gasteiger charge is -2.07. The van der Waals surface area contributed by atoms with Gasteiger partial charge in [-0.2, -0.15) is 0 Å². The fraction of sp³-hybridized carbons (Fsp3) is 0.250. The highest BCUT2D eigenvalue weighted by atomic mass is 31.2. The van der Waals surface area contributed by atoms with Crippen LogP contribution in [0.2, 0.25) is 0 Å². The predicted molar refractivity (Wildman–Crippen MR) is 81.0 cm³/mol. The molecule has 0 spiro atoms. The zero-order valence-electron chi connectivity index (χ0n) is 11.2. The second-order valence-corrected chi connectivity index (χ2v) is 5.11. The monoisotopic (exact) mass is 272 g/mol. The number of hydrogen-bond donors (Lipinski definition) is 0. The van der Waals surface area contributed by atoms with Crippen molar-refractivity contribution in [1.29, 1.82) is 0 Å². The topological polar surface area (TPSA) is 18.5 Å². The second kappa shape index (κ2) is 7.26. The van der Waals surface area contributed by atoms with Gasteiger partial charge in [-0.1, -0.05) is 42.3 Å². The van der Waals surface area contributed by atoms with E-state index < -0.39 is 8.38 Å². The average molecular weight is 272 g/mol. The Labute approximate surface area is 115 Å². The van der Waals surface area contributed by atoms with Crippen LogP contribution >= 0.6 is 8.38 Å². The Kier molecular flexibility index (Phi) is 5.36. The van der Waals surface area contributed by atoms with Crippen LogP contribution in [0, 0.1) is 11.6 Å². The molecule has 0 bridgehead atoms. The highest BCUT2D eigenvalue weighted by molar-refractivity contribution is 7.52. The quantitative estimate of drug-likeness (QED) is 0.601. The highest BCUT2D eigenvalue weighted by Gasteiger charge is 2.04. The van der Waals surface area contributed by atoms with Crippen LogP contribution in [-0.2, 0) is 9.05 Å². The molecule has 0 N–H and O–H groups in total. The van der Waals surface area contributed by atoms with E-state index in [0.717, 1.165) is 5.56 Å². The molecule has 2 aromatic rings. The third-order valence-corrected chi connectivity index (χ3v) is 3.84. The molecule has 0 aliphatic carbocycles. The minimum absolute atomic E-state index is 0.621. The fourth-order valence-corrected chi connectivity index (χ4v) is 2.66. The van der Waals surface area contributed by atoms with Crippen LogP contribution in [0.25, 0.3) is 10.8 Å². The molecule has 2 aromatic carbocycles. The van der Waals surface area contributed by atoms with Gasteiger partial charge in [-0.05, 0) is 36.3 Å². The smallest absolute Gasteiger partial charge is 0.257 e. The Morgan fingerprint density at radius 1 is 0.947 bits per heavy atom. The summed E-state index contributed by atoms with van der Waals surface area (Å²) < 4.78 is 11.0. The van der Waals surface area contributed by atoms with Crippen LogP contribution in [0.15, 0.2) is 42.5 Å². The molecule has 2 rings (SSSR count). The minimum atomic E-state index is -1.10. The van der Waals surface area contributed by atoms with Crippen LogP contribution in [0.5, 0.6) is 0 Å². The van der Waals surface area contributed by atoms with Crippen molar-refractivity contribution in [2.24, 2.45) is 0 Å². The standard InChI is InChI=1S/C16H17O2P/c1-3-17-19(18-4-2)13-12-15-10-7-9-14-8-5-6-11-16(14)15/h5-11H,3-4H2,1-2H3. The van der Waals surface area contributed by atoms with Crippen molar-refractivity contribution in [3.8, 4) is 11.6 Å². The van der Waals surface area contributed by atoms with E-state index in [1.165, 1.54) is 10.8 Å². The largest absolute Gasteiger partial charge is 0.325 e. The van der Waals surface area contributed by atoms with E-state index in [0.29, 0.717) is 13.2 Å². The molecule has 98 valence electrons. The molecular formula is C16H17O2P. The number of benzene rings is 2.